The molecule has 0 aliphatic heterocycles. The fraction of sp³-hybridized carbons (Fsp3) is 0.0303. The van der Waals surface area contributed by atoms with Gasteiger partial charge in [0, 0.05) is 10.9 Å². The third-order valence-corrected chi connectivity index (χ3v) is 8.02. The summed E-state index contributed by atoms with van der Waals surface area (Å²) in [5.41, 5.74) is 12.8. The van der Waals surface area contributed by atoms with Gasteiger partial charge in [-0.25, -0.2) is 9.97 Å². The summed E-state index contributed by atoms with van der Waals surface area (Å²) < 4.78 is 0. The molecule has 2 nitrogen and oxygen atoms in total. The molecule has 6 aromatic rings. The molecule has 0 radical (unpaired) electrons. The monoisotopic (exact) mass is 478 g/mol. The molecule has 5 aromatic carbocycles. The fourth-order valence-electron chi connectivity index (χ4n) is 6.51. The molecule has 0 unspecified atom stereocenters. The van der Waals surface area contributed by atoms with E-state index in [1.165, 1.54) is 44.5 Å². The van der Waals surface area contributed by atoms with Crippen LogP contribution in [0.1, 0.15) is 22.3 Å². The molecule has 2 aliphatic carbocycles. The molecule has 3 heteroatoms. The lowest BCUT2D eigenvalue weighted by Crippen LogP contribution is -2.25. The summed E-state index contributed by atoms with van der Waals surface area (Å²) in [7, 11) is 0. The summed E-state index contributed by atoms with van der Waals surface area (Å²) in [6.45, 7) is 0. The largest absolute Gasteiger partial charge is 0.223 e. The van der Waals surface area contributed by atoms with Crippen molar-refractivity contribution in [1.82, 2.24) is 9.97 Å². The Morgan fingerprint density at radius 3 is 1.67 bits per heavy atom. The quantitative estimate of drug-likeness (QED) is 0.222. The van der Waals surface area contributed by atoms with Crippen molar-refractivity contribution in [3.05, 3.63) is 143 Å². The van der Waals surface area contributed by atoms with Crippen molar-refractivity contribution in [3.8, 4) is 33.5 Å². The van der Waals surface area contributed by atoms with Crippen LogP contribution in [-0.2, 0) is 5.41 Å². The minimum atomic E-state index is -0.373. The van der Waals surface area contributed by atoms with Gasteiger partial charge in [0.15, 0.2) is 0 Å². The van der Waals surface area contributed by atoms with E-state index in [-0.39, 0.29) is 10.7 Å². The van der Waals surface area contributed by atoms with E-state index in [2.05, 4.69) is 102 Å². The van der Waals surface area contributed by atoms with Gasteiger partial charge in [0.05, 0.1) is 16.6 Å². The maximum Gasteiger partial charge on any atom is 0.223 e. The predicted molar refractivity (Wildman–Crippen MR) is 146 cm³/mol. The zero-order valence-corrected chi connectivity index (χ0v) is 20.0. The Bertz CT molecular complexity index is 1810. The molecule has 36 heavy (non-hydrogen) atoms. The number of nitrogens with zero attached hydrogens (tertiary/aromatic N) is 2. The molecule has 1 heterocycles. The zero-order chi connectivity index (χ0) is 23.9. The van der Waals surface area contributed by atoms with Gasteiger partial charge in [-0.1, -0.05) is 103 Å². The van der Waals surface area contributed by atoms with E-state index in [9.17, 15) is 0 Å². The molecule has 0 atom stereocenters. The van der Waals surface area contributed by atoms with E-state index in [0.717, 1.165) is 22.2 Å². The summed E-state index contributed by atoms with van der Waals surface area (Å²) in [6, 6.07) is 41.4. The first-order chi connectivity index (χ1) is 17.8. The first kappa shape index (κ1) is 20.0. The van der Waals surface area contributed by atoms with Crippen LogP contribution < -0.4 is 0 Å². The molecule has 0 amide bonds. The van der Waals surface area contributed by atoms with Crippen molar-refractivity contribution >= 4 is 22.5 Å². The Balaban J connectivity index is 1.51. The molecular formula is C33H19ClN2. The van der Waals surface area contributed by atoms with E-state index in [0.29, 0.717) is 0 Å². The van der Waals surface area contributed by atoms with Gasteiger partial charge >= 0.3 is 0 Å². The second-order valence-corrected chi connectivity index (χ2v) is 9.84. The first-order valence-corrected chi connectivity index (χ1v) is 12.5. The van der Waals surface area contributed by atoms with Crippen molar-refractivity contribution in [3.63, 3.8) is 0 Å². The minimum Gasteiger partial charge on any atom is -0.218 e. The maximum absolute atomic E-state index is 6.40. The predicted octanol–water partition coefficient (Wildman–Crippen LogP) is 8.29. The number of aromatic nitrogens is 2. The second-order valence-electron chi connectivity index (χ2n) is 9.51. The Morgan fingerprint density at radius 1 is 0.500 bits per heavy atom. The van der Waals surface area contributed by atoms with Gasteiger partial charge in [0.1, 0.15) is 0 Å². The maximum atomic E-state index is 6.40. The molecule has 168 valence electrons. The van der Waals surface area contributed by atoms with Gasteiger partial charge in [-0.3, -0.25) is 0 Å². The van der Waals surface area contributed by atoms with Crippen LogP contribution in [0.15, 0.2) is 115 Å². The normalized spacial score (nSPS) is 13.9. The topological polar surface area (TPSA) is 25.8 Å². The van der Waals surface area contributed by atoms with Gasteiger partial charge < -0.3 is 0 Å². The highest BCUT2D eigenvalue weighted by Gasteiger charge is 2.51. The molecule has 2 aliphatic rings. The van der Waals surface area contributed by atoms with E-state index in [1.54, 1.807) is 0 Å². The smallest absolute Gasteiger partial charge is 0.218 e. The first-order valence-electron chi connectivity index (χ1n) is 12.1. The van der Waals surface area contributed by atoms with Gasteiger partial charge in [-0.15, -0.1) is 0 Å². The summed E-state index contributed by atoms with van der Waals surface area (Å²) in [4.78, 5) is 9.16. The van der Waals surface area contributed by atoms with E-state index >= 15 is 0 Å². The summed E-state index contributed by atoms with van der Waals surface area (Å²) >= 11 is 6.40. The molecule has 0 N–H and O–H groups in total. The van der Waals surface area contributed by atoms with Crippen LogP contribution in [0.4, 0.5) is 0 Å². The van der Waals surface area contributed by atoms with Crippen LogP contribution in [-0.4, -0.2) is 9.97 Å². The molecule has 8 rings (SSSR count). The molecule has 0 saturated carbocycles. The van der Waals surface area contributed by atoms with Crippen molar-refractivity contribution in [2.24, 2.45) is 0 Å². The Hall–Kier alpha value is -4.27. The number of rotatable bonds is 1. The number of hydrogen-bond acceptors (Lipinski definition) is 2. The van der Waals surface area contributed by atoms with Crippen molar-refractivity contribution in [1.29, 1.82) is 0 Å². The van der Waals surface area contributed by atoms with Crippen LogP contribution in [0.3, 0.4) is 0 Å². The van der Waals surface area contributed by atoms with E-state index < -0.39 is 0 Å². The highest BCUT2D eigenvalue weighted by Crippen LogP contribution is 2.62. The van der Waals surface area contributed by atoms with Crippen molar-refractivity contribution < 1.29 is 0 Å². The summed E-state index contributed by atoms with van der Waals surface area (Å²) in [5, 5.41) is 1.26. The third-order valence-electron chi connectivity index (χ3n) is 7.85. The van der Waals surface area contributed by atoms with Gasteiger partial charge in [-0.2, -0.15) is 0 Å². The van der Waals surface area contributed by atoms with Crippen molar-refractivity contribution in [2.75, 3.05) is 0 Å². The van der Waals surface area contributed by atoms with E-state index in [1.807, 2.05) is 18.2 Å². The van der Waals surface area contributed by atoms with Gasteiger partial charge in [-0.05, 0) is 68.2 Å². The fourth-order valence-corrected chi connectivity index (χ4v) is 6.69. The van der Waals surface area contributed by atoms with Gasteiger partial charge in [0.2, 0.25) is 5.28 Å². The Kier molecular flexibility index (Phi) is 3.96. The van der Waals surface area contributed by atoms with Crippen molar-refractivity contribution in [2.45, 2.75) is 5.41 Å². The van der Waals surface area contributed by atoms with Gasteiger partial charge in [0.25, 0.3) is 0 Å². The molecule has 0 fully saturated rings. The molecular weight excluding hydrogens is 460 g/mol. The third kappa shape index (κ3) is 2.42. The lowest BCUT2D eigenvalue weighted by Gasteiger charge is -2.30. The SMILES string of the molecule is Clc1nc(-c2ccc3c(c2)C2(c4ccccc4-c4ccccc42)c2ccccc2-3)c2ccccc2n1. The Morgan fingerprint density at radius 2 is 1.03 bits per heavy atom. The average molecular weight is 479 g/mol. The number of para-hydroxylation sites is 1. The molecule has 1 aromatic heterocycles. The van der Waals surface area contributed by atoms with Crippen LogP contribution in [0, 0.1) is 0 Å². The van der Waals surface area contributed by atoms with Crippen LogP contribution in [0.5, 0.6) is 0 Å². The number of hydrogen-bond donors (Lipinski definition) is 0. The summed E-state index contributed by atoms with van der Waals surface area (Å²) in [6.07, 6.45) is 0. The Labute approximate surface area is 213 Å². The average Bonchev–Trinajstić information content (AvgIpc) is 3.40. The zero-order valence-electron chi connectivity index (χ0n) is 19.2. The lowest BCUT2D eigenvalue weighted by molar-refractivity contribution is 0.794. The minimum absolute atomic E-state index is 0.263. The molecule has 0 bridgehead atoms. The highest BCUT2D eigenvalue weighted by atomic mass is 35.5. The highest BCUT2D eigenvalue weighted by molar-refractivity contribution is 6.28. The summed E-state index contributed by atoms with van der Waals surface area (Å²) in [5.74, 6) is 0. The number of fused-ring (bicyclic) bond motifs is 11. The lowest BCUT2D eigenvalue weighted by atomic mass is 9.70. The number of benzene rings is 5. The van der Waals surface area contributed by atoms with Crippen LogP contribution in [0.25, 0.3) is 44.4 Å². The standard InChI is InChI=1S/C33H19ClN2/c34-32-35-30-16-8-4-12-25(30)31(36-32)20-17-18-24-23-11-3-7-15-28(23)33(29(24)19-20)26-13-5-1-9-21(26)22-10-2-6-14-27(22)33/h1-19H. The van der Waals surface area contributed by atoms with Crippen LogP contribution >= 0.6 is 11.6 Å². The molecule has 1 spiro atoms. The second kappa shape index (κ2) is 7.13. The number of halogens is 1. The molecule has 0 saturated heterocycles. The van der Waals surface area contributed by atoms with E-state index in [4.69, 9.17) is 16.6 Å². The van der Waals surface area contributed by atoms with Crippen LogP contribution in [0.2, 0.25) is 5.28 Å².